The molecule has 1 N–H and O–H groups in total. The number of halogens is 1. The lowest BCUT2D eigenvalue weighted by atomic mass is 10.1. The first-order valence-corrected chi connectivity index (χ1v) is 7.60. The molecule has 0 heterocycles. The van der Waals surface area contributed by atoms with Gasteiger partial charge in [-0.25, -0.2) is 4.79 Å². The lowest BCUT2D eigenvalue weighted by Gasteiger charge is -2.09. The van der Waals surface area contributed by atoms with E-state index in [-0.39, 0.29) is 12.5 Å². The third-order valence-corrected chi connectivity index (χ3v) is 3.86. The van der Waals surface area contributed by atoms with Crippen molar-refractivity contribution in [3.05, 3.63) is 69.7 Å². The molecule has 0 aliphatic carbocycles. The van der Waals surface area contributed by atoms with E-state index in [9.17, 15) is 9.59 Å². The average Bonchev–Trinajstić information content (AvgIpc) is 2.52. The fraction of sp³-hybridized carbons (Fsp3) is 0.176. The highest BCUT2D eigenvalue weighted by molar-refractivity contribution is 9.10. The van der Waals surface area contributed by atoms with E-state index in [1.54, 1.807) is 24.3 Å². The second-order valence-corrected chi connectivity index (χ2v) is 5.61. The van der Waals surface area contributed by atoms with Gasteiger partial charge >= 0.3 is 5.97 Å². The predicted octanol–water partition coefficient (Wildman–Crippen LogP) is 3.23. The van der Waals surface area contributed by atoms with Gasteiger partial charge in [0.1, 0.15) is 0 Å². The molecule has 0 spiro atoms. The number of rotatable bonds is 5. The fourth-order valence-electron chi connectivity index (χ4n) is 1.89. The zero-order chi connectivity index (χ0) is 15.9. The Morgan fingerprint density at radius 2 is 1.77 bits per heavy atom. The molecule has 0 saturated carbocycles. The Labute approximate surface area is 137 Å². The number of nitrogens with one attached hydrogen (secondary N) is 1. The van der Waals surface area contributed by atoms with Crippen LogP contribution in [0.5, 0.6) is 0 Å². The molecule has 2 rings (SSSR count). The van der Waals surface area contributed by atoms with Crippen LogP contribution < -0.4 is 5.32 Å². The van der Waals surface area contributed by atoms with Crippen LogP contribution in [0.25, 0.3) is 0 Å². The molecule has 22 heavy (non-hydrogen) atoms. The van der Waals surface area contributed by atoms with Gasteiger partial charge in [-0.05, 0) is 46.1 Å². The molecule has 5 heteroatoms. The van der Waals surface area contributed by atoms with E-state index in [0.717, 1.165) is 11.1 Å². The van der Waals surface area contributed by atoms with Crippen molar-refractivity contribution in [1.29, 1.82) is 0 Å². The SMILES string of the molecule is Cc1ccccc1CNC(=O)COC(=O)c1ccccc1Br. The Morgan fingerprint density at radius 3 is 2.50 bits per heavy atom. The number of hydrogen-bond donors (Lipinski definition) is 1. The molecule has 0 saturated heterocycles. The van der Waals surface area contributed by atoms with E-state index >= 15 is 0 Å². The van der Waals surface area contributed by atoms with Gasteiger partial charge in [-0.3, -0.25) is 4.79 Å². The van der Waals surface area contributed by atoms with Crippen molar-refractivity contribution in [1.82, 2.24) is 5.32 Å². The number of amides is 1. The number of carbonyl (C=O) groups is 2. The molecule has 0 atom stereocenters. The van der Waals surface area contributed by atoms with Crippen LogP contribution in [0.2, 0.25) is 0 Å². The van der Waals surface area contributed by atoms with E-state index in [2.05, 4.69) is 21.2 Å². The molecule has 2 aromatic rings. The van der Waals surface area contributed by atoms with Crippen molar-refractivity contribution >= 4 is 27.8 Å². The van der Waals surface area contributed by atoms with Crippen LogP contribution in [0, 0.1) is 6.92 Å². The van der Waals surface area contributed by atoms with Crippen LogP contribution in [0.3, 0.4) is 0 Å². The molecule has 0 bridgehead atoms. The summed E-state index contributed by atoms with van der Waals surface area (Å²) in [6.45, 7) is 2.10. The number of carbonyl (C=O) groups excluding carboxylic acids is 2. The van der Waals surface area contributed by atoms with Crippen LogP contribution >= 0.6 is 15.9 Å². The quantitative estimate of drug-likeness (QED) is 0.831. The maximum atomic E-state index is 11.9. The normalized spacial score (nSPS) is 10.1. The van der Waals surface area contributed by atoms with Crippen LogP contribution in [0.1, 0.15) is 21.5 Å². The summed E-state index contributed by atoms with van der Waals surface area (Å²) in [6.07, 6.45) is 0. The summed E-state index contributed by atoms with van der Waals surface area (Å²) >= 11 is 3.27. The van der Waals surface area contributed by atoms with Gasteiger partial charge in [0.25, 0.3) is 5.91 Å². The maximum Gasteiger partial charge on any atom is 0.339 e. The Hall–Kier alpha value is -2.14. The summed E-state index contributed by atoms with van der Waals surface area (Å²) in [5.74, 6) is -0.859. The second-order valence-electron chi connectivity index (χ2n) is 4.76. The Morgan fingerprint density at radius 1 is 1.09 bits per heavy atom. The number of aryl methyl sites for hydroxylation is 1. The van der Waals surface area contributed by atoms with Crippen LogP contribution in [-0.4, -0.2) is 18.5 Å². The predicted molar refractivity (Wildman–Crippen MR) is 87.5 cm³/mol. The first kappa shape index (κ1) is 16.2. The van der Waals surface area contributed by atoms with Crippen molar-refractivity contribution in [3.8, 4) is 0 Å². The Balaban J connectivity index is 1.82. The van der Waals surface area contributed by atoms with Crippen molar-refractivity contribution in [2.24, 2.45) is 0 Å². The van der Waals surface area contributed by atoms with Gasteiger partial charge in [0.05, 0.1) is 5.56 Å². The molecule has 1 amide bonds. The van der Waals surface area contributed by atoms with E-state index < -0.39 is 5.97 Å². The zero-order valence-corrected chi connectivity index (χ0v) is 13.7. The molecule has 0 aromatic heterocycles. The van der Waals surface area contributed by atoms with Crippen LogP contribution in [0.4, 0.5) is 0 Å². The lowest BCUT2D eigenvalue weighted by molar-refractivity contribution is -0.124. The van der Waals surface area contributed by atoms with Crippen molar-refractivity contribution in [2.75, 3.05) is 6.61 Å². The molecule has 0 radical (unpaired) electrons. The Kier molecular flexibility index (Phi) is 5.72. The third-order valence-electron chi connectivity index (χ3n) is 3.17. The summed E-state index contributed by atoms with van der Waals surface area (Å²) in [6, 6.07) is 14.7. The zero-order valence-electron chi connectivity index (χ0n) is 12.1. The molecule has 114 valence electrons. The van der Waals surface area contributed by atoms with Crippen LogP contribution in [0.15, 0.2) is 53.0 Å². The monoisotopic (exact) mass is 361 g/mol. The lowest BCUT2D eigenvalue weighted by Crippen LogP contribution is -2.28. The van der Waals surface area contributed by atoms with Gasteiger partial charge in [0.2, 0.25) is 0 Å². The van der Waals surface area contributed by atoms with E-state index in [1.807, 2.05) is 31.2 Å². The Bertz CT molecular complexity index is 685. The molecular formula is C17H16BrNO3. The van der Waals surface area contributed by atoms with Gasteiger partial charge < -0.3 is 10.1 Å². The van der Waals surface area contributed by atoms with Gasteiger partial charge in [0, 0.05) is 11.0 Å². The van der Waals surface area contributed by atoms with Gasteiger partial charge in [-0.15, -0.1) is 0 Å². The van der Waals surface area contributed by atoms with Gasteiger partial charge in [0.15, 0.2) is 6.61 Å². The summed E-state index contributed by atoms with van der Waals surface area (Å²) in [7, 11) is 0. The highest BCUT2D eigenvalue weighted by Gasteiger charge is 2.12. The molecule has 0 unspecified atom stereocenters. The standard InChI is InChI=1S/C17H16BrNO3/c1-12-6-2-3-7-13(12)10-19-16(20)11-22-17(21)14-8-4-5-9-15(14)18/h2-9H,10-11H2,1H3,(H,19,20). The second kappa shape index (κ2) is 7.75. The smallest absolute Gasteiger partial charge is 0.339 e. The first-order chi connectivity index (χ1) is 10.6. The van der Waals surface area contributed by atoms with Crippen molar-refractivity contribution in [3.63, 3.8) is 0 Å². The highest BCUT2D eigenvalue weighted by atomic mass is 79.9. The van der Waals surface area contributed by atoms with Crippen molar-refractivity contribution in [2.45, 2.75) is 13.5 Å². The van der Waals surface area contributed by atoms with Gasteiger partial charge in [-0.2, -0.15) is 0 Å². The molecule has 4 nitrogen and oxygen atoms in total. The molecular weight excluding hydrogens is 346 g/mol. The minimum Gasteiger partial charge on any atom is -0.452 e. The number of benzene rings is 2. The van der Waals surface area contributed by atoms with E-state index in [0.29, 0.717) is 16.6 Å². The topological polar surface area (TPSA) is 55.4 Å². The average molecular weight is 362 g/mol. The summed E-state index contributed by atoms with van der Waals surface area (Å²) in [5.41, 5.74) is 2.54. The molecule has 2 aromatic carbocycles. The number of ether oxygens (including phenoxy) is 1. The number of hydrogen-bond acceptors (Lipinski definition) is 3. The van der Waals surface area contributed by atoms with Crippen LogP contribution in [-0.2, 0) is 16.1 Å². The molecule has 0 aliphatic rings. The largest absolute Gasteiger partial charge is 0.452 e. The maximum absolute atomic E-state index is 11.9. The minimum absolute atomic E-state index is 0.300. The minimum atomic E-state index is -0.529. The van der Waals surface area contributed by atoms with Gasteiger partial charge in [-0.1, -0.05) is 36.4 Å². The first-order valence-electron chi connectivity index (χ1n) is 6.81. The van der Waals surface area contributed by atoms with E-state index in [4.69, 9.17) is 4.74 Å². The molecule has 0 fully saturated rings. The van der Waals surface area contributed by atoms with Crippen molar-refractivity contribution < 1.29 is 14.3 Å². The third kappa shape index (κ3) is 4.43. The number of esters is 1. The summed E-state index contributed by atoms with van der Waals surface area (Å²) in [5, 5.41) is 2.73. The summed E-state index contributed by atoms with van der Waals surface area (Å²) in [4.78, 5) is 23.6. The highest BCUT2D eigenvalue weighted by Crippen LogP contribution is 2.16. The fourth-order valence-corrected chi connectivity index (χ4v) is 2.34. The van der Waals surface area contributed by atoms with E-state index in [1.165, 1.54) is 0 Å². The molecule has 0 aliphatic heterocycles. The summed E-state index contributed by atoms with van der Waals surface area (Å²) < 4.78 is 5.65.